The van der Waals surface area contributed by atoms with Crippen molar-refractivity contribution in [3.8, 4) is 0 Å². The molecule has 0 aromatic heterocycles. The van der Waals surface area contributed by atoms with Crippen molar-refractivity contribution in [3.63, 3.8) is 0 Å². The summed E-state index contributed by atoms with van der Waals surface area (Å²) in [6.07, 6.45) is -0.0646. The van der Waals surface area contributed by atoms with Gasteiger partial charge >= 0.3 is 0 Å². The molecule has 6 heteroatoms. The average Bonchev–Trinajstić information content (AvgIpc) is 2.32. The number of hydrogen-bond acceptors (Lipinski definition) is 4. The molecule has 0 saturated carbocycles. The second kappa shape index (κ2) is 5.77. The summed E-state index contributed by atoms with van der Waals surface area (Å²) in [7, 11) is 0.740. The number of likely N-dealkylation sites (N-methyl/N-ethyl adjacent to an activating group) is 1. The van der Waals surface area contributed by atoms with Gasteiger partial charge in [0.05, 0.1) is 35.0 Å². The smallest absolute Gasteiger partial charge is 0.147 e. The van der Waals surface area contributed by atoms with Crippen molar-refractivity contribution < 1.29 is 13.3 Å². The van der Waals surface area contributed by atoms with E-state index in [0.29, 0.717) is 17.3 Å². The van der Waals surface area contributed by atoms with Gasteiger partial charge in [-0.05, 0) is 25.2 Å². The van der Waals surface area contributed by atoms with E-state index in [1.807, 2.05) is 7.05 Å². The zero-order valence-corrected chi connectivity index (χ0v) is 11.1. The van der Waals surface area contributed by atoms with Gasteiger partial charge < -0.3 is 15.4 Å². The lowest BCUT2D eigenvalue weighted by atomic mass is 10.3. The SMILES string of the molecule is CN1CCOC(CS(=O)c2ccc(N)c(F)c2)C1. The largest absolute Gasteiger partial charge is 0.396 e. The Morgan fingerprint density at radius 2 is 2.39 bits per heavy atom. The van der Waals surface area contributed by atoms with Crippen LogP contribution in [-0.2, 0) is 15.5 Å². The van der Waals surface area contributed by atoms with E-state index in [9.17, 15) is 8.60 Å². The van der Waals surface area contributed by atoms with E-state index in [-0.39, 0.29) is 11.8 Å². The van der Waals surface area contributed by atoms with Crippen LogP contribution in [0.15, 0.2) is 23.1 Å². The molecule has 0 amide bonds. The number of anilines is 1. The third-order valence-corrected chi connectivity index (χ3v) is 4.37. The average molecular weight is 272 g/mol. The van der Waals surface area contributed by atoms with Gasteiger partial charge in [0.1, 0.15) is 5.82 Å². The van der Waals surface area contributed by atoms with Crippen LogP contribution >= 0.6 is 0 Å². The first-order valence-corrected chi connectivity index (χ1v) is 7.11. The summed E-state index contributed by atoms with van der Waals surface area (Å²) < 4.78 is 30.9. The van der Waals surface area contributed by atoms with E-state index in [2.05, 4.69) is 4.90 Å². The van der Waals surface area contributed by atoms with Crippen molar-refractivity contribution in [1.29, 1.82) is 0 Å². The van der Waals surface area contributed by atoms with Crippen LogP contribution in [0, 0.1) is 5.82 Å². The Labute approximate surface area is 108 Å². The molecule has 100 valence electrons. The second-order valence-electron chi connectivity index (χ2n) is 4.45. The fourth-order valence-electron chi connectivity index (χ4n) is 1.88. The highest BCUT2D eigenvalue weighted by Gasteiger charge is 2.21. The first-order valence-electron chi connectivity index (χ1n) is 5.80. The minimum Gasteiger partial charge on any atom is -0.396 e. The highest BCUT2D eigenvalue weighted by Crippen LogP contribution is 2.16. The number of nitrogens with zero attached hydrogens (tertiary/aromatic N) is 1. The van der Waals surface area contributed by atoms with Crippen molar-refractivity contribution in [2.75, 3.05) is 38.2 Å². The van der Waals surface area contributed by atoms with Crippen LogP contribution in [0.3, 0.4) is 0 Å². The lowest BCUT2D eigenvalue weighted by Gasteiger charge is -2.29. The Kier molecular flexibility index (Phi) is 4.31. The maximum Gasteiger partial charge on any atom is 0.147 e. The molecule has 1 heterocycles. The molecule has 4 nitrogen and oxygen atoms in total. The third kappa shape index (κ3) is 3.28. The number of nitrogens with two attached hydrogens (primary N) is 1. The van der Waals surface area contributed by atoms with E-state index in [4.69, 9.17) is 10.5 Å². The second-order valence-corrected chi connectivity index (χ2v) is 5.95. The Morgan fingerprint density at radius 1 is 1.61 bits per heavy atom. The third-order valence-electron chi connectivity index (χ3n) is 2.91. The van der Waals surface area contributed by atoms with E-state index in [1.54, 1.807) is 6.07 Å². The Hall–Kier alpha value is -0.980. The highest BCUT2D eigenvalue weighted by molar-refractivity contribution is 7.85. The number of rotatable bonds is 3. The highest BCUT2D eigenvalue weighted by atomic mass is 32.2. The predicted molar refractivity (Wildman–Crippen MR) is 69.3 cm³/mol. The van der Waals surface area contributed by atoms with Crippen LogP contribution in [0.1, 0.15) is 0 Å². The number of halogens is 1. The van der Waals surface area contributed by atoms with E-state index < -0.39 is 16.6 Å². The van der Waals surface area contributed by atoms with Crippen LogP contribution in [0.4, 0.5) is 10.1 Å². The fraction of sp³-hybridized carbons (Fsp3) is 0.500. The topological polar surface area (TPSA) is 55.6 Å². The van der Waals surface area contributed by atoms with E-state index >= 15 is 0 Å². The van der Waals surface area contributed by atoms with Gasteiger partial charge in [0, 0.05) is 18.0 Å². The number of hydrogen-bond donors (Lipinski definition) is 1. The van der Waals surface area contributed by atoms with Gasteiger partial charge in [0.25, 0.3) is 0 Å². The molecule has 0 spiro atoms. The zero-order valence-electron chi connectivity index (χ0n) is 10.3. The van der Waals surface area contributed by atoms with Gasteiger partial charge in [-0.1, -0.05) is 0 Å². The number of nitrogen functional groups attached to an aromatic ring is 1. The molecule has 2 rings (SSSR count). The summed E-state index contributed by atoms with van der Waals surface area (Å²) in [6.45, 7) is 2.29. The summed E-state index contributed by atoms with van der Waals surface area (Å²) >= 11 is 0. The number of benzene rings is 1. The maximum absolute atomic E-state index is 13.3. The van der Waals surface area contributed by atoms with Gasteiger partial charge in [0.2, 0.25) is 0 Å². The van der Waals surface area contributed by atoms with E-state index in [0.717, 1.165) is 13.1 Å². The summed E-state index contributed by atoms with van der Waals surface area (Å²) in [5, 5.41) is 0. The minimum atomic E-state index is -1.26. The quantitative estimate of drug-likeness (QED) is 0.829. The Balaban J connectivity index is 2.00. The molecule has 1 fully saturated rings. The van der Waals surface area contributed by atoms with Crippen molar-refractivity contribution in [2.24, 2.45) is 0 Å². The lowest BCUT2D eigenvalue weighted by Crippen LogP contribution is -2.42. The normalized spacial score (nSPS) is 22.9. The van der Waals surface area contributed by atoms with E-state index in [1.165, 1.54) is 12.1 Å². The molecule has 1 aromatic carbocycles. The first-order chi connectivity index (χ1) is 8.56. The van der Waals surface area contributed by atoms with Crippen LogP contribution in [-0.4, -0.2) is 47.7 Å². The number of ether oxygens (including phenoxy) is 1. The molecular weight excluding hydrogens is 255 g/mol. The van der Waals surface area contributed by atoms with Gasteiger partial charge in [-0.2, -0.15) is 0 Å². The molecule has 1 aliphatic heterocycles. The molecule has 0 radical (unpaired) electrons. The summed E-state index contributed by atoms with van der Waals surface area (Å²) in [4.78, 5) is 2.59. The van der Waals surface area contributed by atoms with Crippen LogP contribution in [0.2, 0.25) is 0 Å². The van der Waals surface area contributed by atoms with Gasteiger partial charge in [-0.3, -0.25) is 4.21 Å². The minimum absolute atomic E-state index is 0.0646. The molecule has 1 aliphatic rings. The molecule has 1 aromatic rings. The van der Waals surface area contributed by atoms with Crippen molar-refractivity contribution in [3.05, 3.63) is 24.0 Å². The molecule has 0 aliphatic carbocycles. The molecule has 2 unspecified atom stereocenters. The first kappa shape index (κ1) is 13.5. The summed E-state index contributed by atoms with van der Waals surface area (Å²) in [6, 6.07) is 4.27. The predicted octanol–water partition coefficient (Wildman–Crippen LogP) is 0.846. The van der Waals surface area contributed by atoms with Crippen molar-refractivity contribution >= 4 is 16.5 Å². The lowest BCUT2D eigenvalue weighted by molar-refractivity contribution is -0.00641. The van der Waals surface area contributed by atoms with Crippen LogP contribution in [0.5, 0.6) is 0 Å². The molecule has 1 saturated heterocycles. The maximum atomic E-state index is 13.3. The summed E-state index contributed by atoms with van der Waals surface area (Å²) in [5.74, 6) is -0.143. The number of morpholine rings is 1. The van der Waals surface area contributed by atoms with Gasteiger partial charge in [-0.25, -0.2) is 4.39 Å². The Bertz CT molecular complexity index is 456. The van der Waals surface area contributed by atoms with Gasteiger partial charge in [-0.15, -0.1) is 0 Å². The van der Waals surface area contributed by atoms with Crippen LogP contribution in [0.25, 0.3) is 0 Å². The fourth-order valence-corrected chi connectivity index (χ4v) is 3.07. The monoisotopic (exact) mass is 272 g/mol. The molecule has 0 bridgehead atoms. The standard InChI is InChI=1S/C12H17FN2O2S/c1-15-4-5-17-9(7-15)8-18(16)10-2-3-12(14)11(13)6-10/h2-3,6,9H,4-5,7-8,14H2,1H3. The van der Waals surface area contributed by atoms with Gasteiger partial charge in [0.15, 0.2) is 0 Å². The molecule has 2 N–H and O–H groups in total. The molecule has 2 atom stereocenters. The molecular formula is C12H17FN2O2S. The zero-order chi connectivity index (χ0) is 13.1. The Morgan fingerprint density at radius 3 is 3.06 bits per heavy atom. The van der Waals surface area contributed by atoms with Crippen molar-refractivity contribution in [2.45, 2.75) is 11.0 Å². The van der Waals surface area contributed by atoms with Crippen molar-refractivity contribution in [1.82, 2.24) is 4.90 Å². The van der Waals surface area contributed by atoms with Crippen LogP contribution < -0.4 is 5.73 Å². The molecule has 18 heavy (non-hydrogen) atoms. The summed E-state index contributed by atoms with van der Waals surface area (Å²) in [5.41, 5.74) is 5.46.